The first kappa shape index (κ1) is 9.16. The summed E-state index contributed by atoms with van der Waals surface area (Å²) in [4.78, 5) is 8.81. The van der Waals surface area contributed by atoms with Gasteiger partial charge in [-0.2, -0.15) is 0 Å². The lowest BCUT2D eigenvalue weighted by Gasteiger charge is -1.52. The molecule has 0 saturated heterocycles. The van der Waals surface area contributed by atoms with Gasteiger partial charge in [0.1, 0.15) is 6.29 Å². The fraction of sp³-hybridized carbons (Fsp3) is 0.750. The zero-order valence-corrected chi connectivity index (χ0v) is 4.14. The molecule has 0 spiro atoms. The van der Waals surface area contributed by atoms with Gasteiger partial charge in [0, 0.05) is 6.61 Å². The van der Waals surface area contributed by atoms with E-state index in [2.05, 4.69) is 0 Å². The lowest BCUT2D eigenvalue weighted by molar-refractivity contribution is -0.106. The molecule has 2 nitrogen and oxygen atoms in total. The van der Waals surface area contributed by atoms with Crippen LogP contribution in [-0.2, 0) is 4.79 Å². The van der Waals surface area contributed by atoms with Gasteiger partial charge in [-0.1, -0.05) is 0 Å². The minimum Gasteiger partial charge on any atom is -0.397 e. The fourth-order valence-electron chi connectivity index (χ4n) is 0. The minimum atomic E-state index is 0. The monoisotopic (exact) mass is 91.1 g/mol. The van der Waals surface area contributed by atoms with Gasteiger partial charge >= 0.3 is 1.43 Å². The number of aldehydes is 1. The quantitative estimate of drug-likeness (QED) is 0.436. The molecule has 1 N–H and O–H groups in total. The normalized spacial score (nSPS) is 5.17. The van der Waals surface area contributed by atoms with E-state index in [1.807, 2.05) is 0 Å². The summed E-state index contributed by atoms with van der Waals surface area (Å²) in [5, 5.41) is 7.57. The molecule has 0 amide bonds. The van der Waals surface area contributed by atoms with Gasteiger partial charge in [-0.05, 0) is 13.8 Å². The SMILES string of the molecule is CC=O.CCO.[H+]. The number of aliphatic hydroxyl groups excluding tert-OH is 1. The first-order valence-electron chi connectivity index (χ1n) is 1.84. The molecule has 0 rings (SSSR count). The van der Waals surface area contributed by atoms with Crippen LogP contribution >= 0.6 is 0 Å². The Morgan fingerprint density at radius 2 is 2.00 bits per heavy atom. The predicted molar refractivity (Wildman–Crippen MR) is 25.6 cm³/mol. The van der Waals surface area contributed by atoms with Crippen LogP contribution in [-0.4, -0.2) is 18.0 Å². The summed E-state index contributed by atoms with van der Waals surface area (Å²) in [5.41, 5.74) is 0. The summed E-state index contributed by atoms with van der Waals surface area (Å²) in [7, 11) is 0. The smallest absolute Gasteiger partial charge is 0.397 e. The van der Waals surface area contributed by atoms with Crippen molar-refractivity contribution in [1.82, 2.24) is 0 Å². The average Bonchev–Trinajstić information content (AvgIpc) is 1.39. The second-order valence-electron chi connectivity index (χ2n) is 0.552. The molecule has 0 aliphatic carbocycles. The molecule has 0 aliphatic heterocycles. The van der Waals surface area contributed by atoms with Gasteiger partial charge < -0.3 is 9.90 Å². The van der Waals surface area contributed by atoms with Gasteiger partial charge in [-0.15, -0.1) is 0 Å². The second kappa shape index (κ2) is 23.0. The maximum absolute atomic E-state index is 8.81. The molecule has 0 radical (unpaired) electrons. The van der Waals surface area contributed by atoms with Crippen molar-refractivity contribution >= 4 is 6.29 Å². The third kappa shape index (κ3) is 183. The third-order valence-electron chi connectivity index (χ3n) is 0. The minimum absolute atomic E-state index is 0. The van der Waals surface area contributed by atoms with Crippen molar-refractivity contribution in [2.45, 2.75) is 13.8 Å². The molecule has 0 atom stereocenters. The lowest BCUT2D eigenvalue weighted by atomic mass is 10.9. The molecular weight excluding hydrogens is 80.0 g/mol. The molecule has 0 aromatic rings. The van der Waals surface area contributed by atoms with E-state index in [-0.39, 0.29) is 8.03 Å². The van der Waals surface area contributed by atoms with Crippen molar-refractivity contribution in [3.05, 3.63) is 0 Å². The zero-order chi connectivity index (χ0) is 5.41. The van der Waals surface area contributed by atoms with Gasteiger partial charge in [0.25, 0.3) is 0 Å². The fourth-order valence-corrected chi connectivity index (χ4v) is 0. The van der Waals surface area contributed by atoms with Crippen LogP contribution in [0.4, 0.5) is 0 Å². The first-order valence-corrected chi connectivity index (χ1v) is 1.84. The summed E-state index contributed by atoms with van der Waals surface area (Å²) < 4.78 is 0. The molecule has 2 heteroatoms. The highest BCUT2D eigenvalue weighted by molar-refractivity contribution is 5.44. The van der Waals surface area contributed by atoms with E-state index in [1.165, 1.54) is 6.92 Å². The first-order chi connectivity index (χ1) is 2.83. The van der Waals surface area contributed by atoms with Crippen LogP contribution in [0.25, 0.3) is 0 Å². The van der Waals surface area contributed by atoms with Crippen LogP contribution < -0.4 is 0 Å². The molecule has 0 heterocycles. The van der Waals surface area contributed by atoms with Gasteiger partial charge in [-0.3, -0.25) is 0 Å². The predicted octanol–water partition coefficient (Wildman–Crippen LogP) is 0.316. The van der Waals surface area contributed by atoms with E-state index >= 15 is 0 Å². The Balaban J connectivity index is -0.0000000400. The molecule has 0 aromatic carbocycles. The summed E-state index contributed by atoms with van der Waals surface area (Å²) >= 11 is 0. The molecule has 0 fully saturated rings. The molecule has 6 heavy (non-hydrogen) atoms. The number of carbonyl (C=O) groups is 1. The Morgan fingerprint density at radius 3 is 2.00 bits per heavy atom. The highest BCUT2D eigenvalue weighted by Gasteiger charge is 1.34. The Hall–Kier alpha value is -0.370. The van der Waals surface area contributed by atoms with Gasteiger partial charge in [0.2, 0.25) is 0 Å². The van der Waals surface area contributed by atoms with E-state index in [4.69, 9.17) is 9.90 Å². The van der Waals surface area contributed by atoms with Crippen LogP contribution in [0.5, 0.6) is 0 Å². The van der Waals surface area contributed by atoms with Gasteiger partial charge in [-0.25, -0.2) is 0 Å². The molecule has 0 aliphatic rings. The number of hydrogen-bond acceptors (Lipinski definition) is 2. The Labute approximate surface area is 39.3 Å². The topological polar surface area (TPSA) is 37.3 Å². The highest BCUT2D eigenvalue weighted by Crippen LogP contribution is 1.30. The number of aliphatic hydroxyl groups is 1. The summed E-state index contributed by atoms with van der Waals surface area (Å²) in [6.07, 6.45) is 0.750. The average molecular weight is 91.1 g/mol. The van der Waals surface area contributed by atoms with Crippen molar-refractivity contribution in [2.24, 2.45) is 0 Å². The number of rotatable bonds is 0. The standard InChI is InChI=1S/C2H6O.C2H4O/c2*1-2-3/h3H,2H2,1H3;2H,1H3/p+1. The van der Waals surface area contributed by atoms with Crippen molar-refractivity contribution < 1.29 is 11.3 Å². The van der Waals surface area contributed by atoms with Crippen LogP contribution in [0.2, 0.25) is 0 Å². The maximum atomic E-state index is 8.81. The van der Waals surface area contributed by atoms with Gasteiger partial charge in [0.15, 0.2) is 0 Å². The molecule has 0 saturated carbocycles. The zero-order valence-electron chi connectivity index (χ0n) is 5.14. The van der Waals surface area contributed by atoms with Crippen LogP contribution in [0.3, 0.4) is 0 Å². The Kier molecular flexibility index (Phi) is 35.1. The van der Waals surface area contributed by atoms with E-state index in [9.17, 15) is 0 Å². The van der Waals surface area contributed by atoms with Crippen LogP contribution in [0.1, 0.15) is 15.3 Å². The summed E-state index contributed by atoms with van der Waals surface area (Å²) in [5.74, 6) is 0. The summed E-state index contributed by atoms with van der Waals surface area (Å²) in [6, 6.07) is 0. The molecule has 0 unspecified atom stereocenters. The van der Waals surface area contributed by atoms with E-state index < -0.39 is 0 Å². The Bertz CT molecular complexity index is 23.7. The number of carbonyl (C=O) groups excluding carboxylic acids is 1. The van der Waals surface area contributed by atoms with Crippen LogP contribution in [0.15, 0.2) is 0 Å². The highest BCUT2D eigenvalue weighted by atomic mass is 16.2. The van der Waals surface area contributed by atoms with Gasteiger partial charge in [0.05, 0.1) is 0 Å². The molecule has 0 aromatic heterocycles. The Morgan fingerprint density at radius 1 is 2.00 bits per heavy atom. The van der Waals surface area contributed by atoms with E-state index in [0.717, 1.165) is 6.29 Å². The molecule has 0 bridgehead atoms. The van der Waals surface area contributed by atoms with Crippen LogP contribution in [0, 0.1) is 0 Å². The molecular formula is C4H11O2+. The molecule has 38 valence electrons. The third-order valence-corrected chi connectivity index (χ3v) is 0. The van der Waals surface area contributed by atoms with Crippen molar-refractivity contribution in [3.63, 3.8) is 0 Å². The second-order valence-corrected chi connectivity index (χ2v) is 0.552. The maximum Gasteiger partial charge on any atom is 1.00 e. The lowest BCUT2D eigenvalue weighted by Crippen LogP contribution is -1.57. The summed E-state index contributed by atoms with van der Waals surface area (Å²) in [6.45, 7) is 3.38. The largest absolute Gasteiger partial charge is 1.00 e. The van der Waals surface area contributed by atoms with Crippen molar-refractivity contribution in [3.8, 4) is 0 Å². The van der Waals surface area contributed by atoms with Crippen molar-refractivity contribution in [2.75, 3.05) is 6.61 Å². The van der Waals surface area contributed by atoms with E-state index in [0.29, 0.717) is 0 Å². The van der Waals surface area contributed by atoms with Crippen molar-refractivity contribution in [1.29, 1.82) is 0 Å². The van der Waals surface area contributed by atoms with E-state index in [1.54, 1.807) is 6.92 Å². The number of hydrogen-bond donors (Lipinski definition) is 1.